The third kappa shape index (κ3) is 6.58. The third-order valence-electron chi connectivity index (χ3n) is 6.40. The molecule has 1 aliphatic carbocycles. The second-order valence-corrected chi connectivity index (χ2v) is 8.83. The molecule has 0 spiro atoms. The molecule has 0 N–H and O–H groups in total. The van der Waals surface area contributed by atoms with E-state index in [9.17, 15) is 0 Å². The normalized spacial score (nSPS) is 19.6. The van der Waals surface area contributed by atoms with Gasteiger partial charge in [0, 0.05) is 18.0 Å². The van der Waals surface area contributed by atoms with Gasteiger partial charge in [0.15, 0.2) is 0 Å². The molecule has 0 aliphatic heterocycles. The highest BCUT2D eigenvalue weighted by Gasteiger charge is 2.22. The second-order valence-electron chi connectivity index (χ2n) is 8.49. The van der Waals surface area contributed by atoms with Crippen molar-refractivity contribution in [3.8, 4) is 11.1 Å². The molecule has 152 valence electrons. The van der Waals surface area contributed by atoms with Gasteiger partial charge in [-0.25, -0.2) is 9.97 Å². The van der Waals surface area contributed by atoms with Crippen molar-refractivity contribution in [2.24, 2.45) is 5.92 Å². The number of rotatable bonds is 10. The molecule has 0 unspecified atom stereocenters. The predicted molar refractivity (Wildman–Crippen MR) is 120 cm³/mol. The van der Waals surface area contributed by atoms with Crippen molar-refractivity contribution in [2.45, 2.75) is 89.9 Å². The van der Waals surface area contributed by atoms with E-state index < -0.39 is 0 Å². The number of nitrogens with zero attached hydrogens (tertiary/aromatic N) is 2. The molecule has 2 nitrogen and oxygen atoms in total. The van der Waals surface area contributed by atoms with Crippen LogP contribution in [0.15, 0.2) is 36.7 Å². The van der Waals surface area contributed by atoms with Crippen LogP contribution in [0.25, 0.3) is 11.1 Å². The Morgan fingerprint density at radius 3 is 2.04 bits per heavy atom. The van der Waals surface area contributed by atoms with Gasteiger partial charge in [0.05, 0.1) is 0 Å². The minimum atomic E-state index is 0.300. The highest BCUT2D eigenvalue weighted by atomic mass is 35.5. The molecule has 3 rings (SSSR count). The van der Waals surface area contributed by atoms with Gasteiger partial charge in [-0.05, 0) is 60.2 Å². The number of halogens is 1. The van der Waals surface area contributed by atoms with Crippen molar-refractivity contribution in [3.05, 3.63) is 47.5 Å². The zero-order valence-corrected chi connectivity index (χ0v) is 18.1. The lowest BCUT2D eigenvalue weighted by Crippen LogP contribution is -2.13. The molecule has 28 heavy (non-hydrogen) atoms. The highest BCUT2D eigenvalue weighted by Crippen LogP contribution is 2.38. The van der Waals surface area contributed by atoms with Gasteiger partial charge >= 0.3 is 0 Å². The van der Waals surface area contributed by atoms with Gasteiger partial charge < -0.3 is 0 Å². The summed E-state index contributed by atoms with van der Waals surface area (Å²) in [4.78, 5) is 8.16. The Labute approximate surface area is 176 Å². The molecule has 0 radical (unpaired) electrons. The van der Waals surface area contributed by atoms with Crippen LogP contribution in [0.3, 0.4) is 0 Å². The maximum absolute atomic E-state index is 5.78. The van der Waals surface area contributed by atoms with Gasteiger partial charge in [0.25, 0.3) is 0 Å². The van der Waals surface area contributed by atoms with Crippen molar-refractivity contribution >= 4 is 11.6 Å². The van der Waals surface area contributed by atoms with Crippen LogP contribution >= 0.6 is 11.6 Å². The molecule has 3 heteroatoms. The van der Waals surface area contributed by atoms with E-state index in [-0.39, 0.29) is 0 Å². The van der Waals surface area contributed by atoms with Gasteiger partial charge in [-0.2, -0.15) is 0 Å². The van der Waals surface area contributed by atoms with Crippen LogP contribution in [-0.2, 0) is 0 Å². The fraction of sp³-hybridized carbons (Fsp3) is 0.600. The topological polar surface area (TPSA) is 25.8 Å². The standard InChI is InChI=1S/C25H35ClN2/c1-2-3-4-5-6-7-8-9-20-10-12-21(13-11-20)22-14-16-23(17-15-22)24-18-27-25(26)28-19-24/h14-21H,2-13H2,1H3/t20-,21-. The van der Waals surface area contributed by atoms with Gasteiger partial charge in [-0.15, -0.1) is 0 Å². The molecule has 1 fully saturated rings. The van der Waals surface area contributed by atoms with Crippen LogP contribution in [0.4, 0.5) is 0 Å². The summed E-state index contributed by atoms with van der Waals surface area (Å²) in [5.41, 5.74) is 3.68. The van der Waals surface area contributed by atoms with Crippen molar-refractivity contribution in [3.63, 3.8) is 0 Å². The summed E-state index contributed by atoms with van der Waals surface area (Å²) in [7, 11) is 0. The molecule has 1 heterocycles. The van der Waals surface area contributed by atoms with E-state index >= 15 is 0 Å². The van der Waals surface area contributed by atoms with E-state index in [4.69, 9.17) is 11.6 Å². The summed E-state index contributed by atoms with van der Waals surface area (Å²) >= 11 is 5.78. The van der Waals surface area contributed by atoms with Crippen LogP contribution in [-0.4, -0.2) is 9.97 Å². The van der Waals surface area contributed by atoms with Gasteiger partial charge in [0.1, 0.15) is 0 Å². The quantitative estimate of drug-likeness (QED) is 0.297. The molecular formula is C25H35ClN2. The molecule has 1 aromatic heterocycles. The first-order valence-electron chi connectivity index (χ1n) is 11.3. The average Bonchev–Trinajstić information content (AvgIpc) is 2.74. The first-order valence-corrected chi connectivity index (χ1v) is 11.7. The van der Waals surface area contributed by atoms with Crippen LogP contribution in [0.2, 0.25) is 5.28 Å². The molecule has 1 saturated carbocycles. The molecule has 0 saturated heterocycles. The summed E-state index contributed by atoms with van der Waals surface area (Å²) in [6, 6.07) is 9.00. The van der Waals surface area contributed by atoms with Crippen LogP contribution < -0.4 is 0 Å². The Balaban J connectivity index is 1.38. The SMILES string of the molecule is CCCCCCCCC[C@H]1CC[C@H](c2ccc(-c3cnc(Cl)nc3)cc2)CC1. The second kappa shape index (κ2) is 11.6. The molecular weight excluding hydrogens is 364 g/mol. The maximum atomic E-state index is 5.78. The summed E-state index contributed by atoms with van der Waals surface area (Å²) in [6.45, 7) is 2.29. The Bertz CT molecular complexity index is 673. The first-order chi connectivity index (χ1) is 13.8. The zero-order chi connectivity index (χ0) is 19.6. The van der Waals surface area contributed by atoms with Gasteiger partial charge in [-0.3, -0.25) is 0 Å². The summed E-state index contributed by atoms with van der Waals surface area (Å²) in [5, 5.41) is 0.300. The number of hydrogen-bond donors (Lipinski definition) is 0. The molecule has 0 amide bonds. The summed E-state index contributed by atoms with van der Waals surface area (Å²) < 4.78 is 0. The number of benzene rings is 1. The fourth-order valence-electron chi connectivity index (χ4n) is 4.58. The van der Waals surface area contributed by atoms with E-state index in [0.717, 1.165) is 23.0 Å². The third-order valence-corrected chi connectivity index (χ3v) is 6.59. The molecule has 1 aliphatic rings. The van der Waals surface area contributed by atoms with Gasteiger partial charge in [-0.1, -0.05) is 82.6 Å². The maximum Gasteiger partial charge on any atom is 0.222 e. The van der Waals surface area contributed by atoms with E-state index in [1.807, 2.05) is 0 Å². The molecule has 2 aromatic rings. The van der Waals surface area contributed by atoms with Crippen LogP contribution in [0.5, 0.6) is 0 Å². The van der Waals surface area contributed by atoms with Gasteiger partial charge in [0.2, 0.25) is 5.28 Å². The Hall–Kier alpha value is -1.41. The molecule has 1 aromatic carbocycles. The molecule has 0 bridgehead atoms. The lowest BCUT2D eigenvalue weighted by molar-refractivity contribution is 0.302. The number of hydrogen-bond acceptors (Lipinski definition) is 2. The van der Waals surface area contributed by atoms with Crippen molar-refractivity contribution in [1.29, 1.82) is 0 Å². The summed E-state index contributed by atoms with van der Waals surface area (Å²) in [6.07, 6.45) is 20.5. The van der Waals surface area contributed by atoms with Crippen LogP contribution in [0, 0.1) is 5.92 Å². The van der Waals surface area contributed by atoms with Crippen LogP contribution in [0.1, 0.15) is 95.5 Å². The van der Waals surface area contributed by atoms with Crippen molar-refractivity contribution in [2.75, 3.05) is 0 Å². The van der Waals surface area contributed by atoms with Crippen molar-refractivity contribution < 1.29 is 0 Å². The van der Waals surface area contributed by atoms with E-state index in [0.29, 0.717) is 5.28 Å². The largest absolute Gasteiger partial charge is 0.226 e. The smallest absolute Gasteiger partial charge is 0.222 e. The Morgan fingerprint density at radius 1 is 0.786 bits per heavy atom. The lowest BCUT2D eigenvalue weighted by Gasteiger charge is -2.29. The number of aromatic nitrogens is 2. The number of unbranched alkanes of at least 4 members (excludes halogenated alkanes) is 6. The average molecular weight is 399 g/mol. The predicted octanol–water partition coefficient (Wildman–Crippen LogP) is 8.21. The van der Waals surface area contributed by atoms with E-state index in [2.05, 4.69) is 41.2 Å². The minimum absolute atomic E-state index is 0.300. The Kier molecular flexibility index (Phi) is 8.79. The Morgan fingerprint density at radius 2 is 1.39 bits per heavy atom. The van der Waals surface area contributed by atoms with E-state index in [1.54, 1.807) is 12.4 Å². The van der Waals surface area contributed by atoms with Crippen molar-refractivity contribution in [1.82, 2.24) is 9.97 Å². The first kappa shape index (κ1) is 21.3. The molecule has 0 atom stereocenters. The van der Waals surface area contributed by atoms with E-state index in [1.165, 1.54) is 82.6 Å². The zero-order valence-electron chi connectivity index (χ0n) is 17.4. The highest BCUT2D eigenvalue weighted by molar-refractivity contribution is 6.28. The lowest BCUT2D eigenvalue weighted by atomic mass is 9.77. The minimum Gasteiger partial charge on any atom is -0.226 e. The fourth-order valence-corrected chi connectivity index (χ4v) is 4.68. The monoisotopic (exact) mass is 398 g/mol. The summed E-state index contributed by atoms with van der Waals surface area (Å²) in [5.74, 6) is 1.71.